The van der Waals surface area contributed by atoms with Crippen LogP contribution >= 0.6 is 0 Å². The van der Waals surface area contributed by atoms with Crippen LogP contribution in [0, 0.1) is 12.8 Å². The quantitative estimate of drug-likeness (QED) is 0.432. The number of carbonyl (C=O) groups excluding carboxylic acids is 2. The Morgan fingerprint density at radius 1 is 1.02 bits per heavy atom. The Balaban J connectivity index is 1.27. The molecule has 4 bridgehead atoms. The predicted octanol–water partition coefficient (Wildman–Crippen LogP) is 1.94. The number of hydrogen-bond donors (Lipinski definition) is 3. The van der Waals surface area contributed by atoms with Gasteiger partial charge in [0.25, 0.3) is 17.4 Å². The maximum atomic E-state index is 13.6. The van der Waals surface area contributed by atoms with E-state index >= 15 is 0 Å². The van der Waals surface area contributed by atoms with Crippen molar-refractivity contribution in [3.63, 3.8) is 0 Å². The summed E-state index contributed by atoms with van der Waals surface area (Å²) in [5.74, 6) is 2.06. The summed E-state index contributed by atoms with van der Waals surface area (Å²) in [5.41, 5.74) is 1.74. The zero-order valence-corrected chi connectivity index (χ0v) is 22.9. The Labute approximate surface area is 237 Å². The summed E-state index contributed by atoms with van der Waals surface area (Å²) < 4.78 is 18.1. The molecule has 3 aliphatic heterocycles. The molecule has 3 aromatic rings. The van der Waals surface area contributed by atoms with Crippen molar-refractivity contribution in [1.29, 1.82) is 0 Å². The van der Waals surface area contributed by atoms with Gasteiger partial charge in [-0.05, 0) is 55.5 Å². The first kappa shape index (κ1) is 26.8. The molecule has 4 heterocycles. The van der Waals surface area contributed by atoms with Crippen LogP contribution in [-0.4, -0.2) is 65.1 Å². The molecule has 2 atom stereocenters. The van der Waals surface area contributed by atoms with Gasteiger partial charge in [0.2, 0.25) is 0 Å². The van der Waals surface area contributed by atoms with E-state index in [1.807, 2.05) is 24.3 Å². The molecule has 0 radical (unpaired) electrons. The maximum Gasteiger partial charge on any atom is 0.258 e. The number of ether oxygens (including phenoxy) is 3. The Hall–Kier alpha value is -4.38. The van der Waals surface area contributed by atoms with Gasteiger partial charge in [0.05, 0.1) is 18.3 Å². The first-order valence-corrected chi connectivity index (χ1v) is 13.9. The van der Waals surface area contributed by atoms with Crippen LogP contribution in [0.4, 0.5) is 0 Å². The molecule has 1 saturated carbocycles. The second-order valence-electron chi connectivity index (χ2n) is 10.9. The first-order chi connectivity index (χ1) is 19.9. The number of nitrogens with zero attached hydrogens (tertiary/aromatic N) is 2. The van der Waals surface area contributed by atoms with Gasteiger partial charge in [-0.25, -0.2) is 4.98 Å². The fourth-order valence-electron chi connectivity index (χ4n) is 5.07. The molecule has 2 amide bonds. The predicted molar refractivity (Wildman–Crippen MR) is 149 cm³/mol. The minimum absolute atomic E-state index is 0.191. The van der Waals surface area contributed by atoms with Crippen molar-refractivity contribution in [2.24, 2.45) is 5.92 Å². The van der Waals surface area contributed by atoms with E-state index in [9.17, 15) is 14.4 Å². The van der Waals surface area contributed by atoms with E-state index in [1.165, 1.54) is 6.07 Å². The molecule has 0 unspecified atom stereocenters. The SMILES string of the molecule is Cc1nc(CN2C[C@@H]3NC(=O)c4cc(cc(OCC5CC5)c4)OCC(=O)NCc4ccc(cc4)O[C@H]3C2)cc(=O)[nH]1. The van der Waals surface area contributed by atoms with Crippen molar-refractivity contribution in [3.8, 4) is 17.2 Å². The summed E-state index contributed by atoms with van der Waals surface area (Å²) in [7, 11) is 0. The highest BCUT2D eigenvalue weighted by Crippen LogP contribution is 2.31. The van der Waals surface area contributed by atoms with Crippen LogP contribution in [0.25, 0.3) is 0 Å². The molecule has 2 fully saturated rings. The van der Waals surface area contributed by atoms with E-state index in [0.717, 1.165) is 18.4 Å². The minimum Gasteiger partial charge on any atom is -0.493 e. The van der Waals surface area contributed by atoms with Crippen LogP contribution in [0.15, 0.2) is 53.3 Å². The van der Waals surface area contributed by atoms with Gasteiger partial charge in [-0.15, -0.1) is 0 Å². The highest BCUT2D eigenvalue weighted by atomic mass is 16.5. The molecule has 214 valence electrons. The lowest BCUT2D eigenvalue weighted by molar-refractivity contribution is -0.123. The number of likely N-dealkylation sites (tertiary alicyclic amines) is 1. The molecular weight excluding hydrogens is 526 g/mol. The monoisotopic (exact) mass is 559 g/mol. The number of aromatic nitrogens is 2. The molecule has 2 aromatic carbocycles. The largest absolute Gasteiger partial charge is 0.493 e. The average Bonchev–Trinajstić information content (AvgIpc) is 3.70. The molecule has 3 N–H and O–H groups in total. The van der Waals surface area contributed by atoms with E-state index in [-0.39, 0.29) is 36.1 Å². The van der Waals surface area contributed by atoms with Crippen molar-refractivity contribution in [2.45, 2.75) is 45.0 Å². The maximum absolute atomic E-state index is 13.6. The molecular formula is C30H33N5O6. The summed E-state index contributed by atoms with van der Waals surface area (Å²) in [4.78, 5) is 47.2. The molecule has 41 heavy (non-hydrogen) atoms. The number of benzene rings is 2. The molecule has 1 aliphatic carbocycles. The van der Waals surface area contributed by atoms with Gasteiger partial charge < -0.3 is 29.8 Å². The number of aryl methyl sites for hydroxylation is 1. The third kappa shape index (κ3) is 7.04. The number of H-pyrrole nitrogens is 1. The fourth-order valence-corrected chi connectivity index (χ4v) is 5.07. The molecule has 11 nitrogen and oxygen atoms in total. The van der Waals surface area contributed by atoms with Gasteiger partial charge >= 0.3 is 0 Å². The summed E-state index contributed by atoms with van der Waals surface area (Å²) >= 11 is 0. The van der Waals surface area contributed by atoms with Crippen molar-refractivity contribution in [2.75, 3.05) is 26.3 Å². The Morgan fingerprint density at radius 2 is 1.85 bits per heavy atom. The number of aromatic amines is 1. The normalized spacial score (nSPS) is 21.2. The number of amides is 2. The number of rotatable bonds is 5. The van der Waals surface area contributed by atoms with Crippen molar-refractivity contribution in [1.82, 2.24) is 25.5 Å². The summed E-state index contributed by atoms with van der Waals surface area (Å²) in [5, 5.41) is 5.99. The molecule has 7 rings (SSSR count). The van der Waals surface area contributed by atoms with Crippen LogP contribution in [0.3, 0.4) is 0 Å². The second kappa shape index (κ2) is 11.6. The van der Waals surface area contributed by atoms with Gasteiger partial charge in [0.15, 0.2) is 6.61 Å². The lowest BCUT2D eigenvalue weighted by Gasteiger charge is -2.22. The lowest BCUT2D eigenvalue weighted by atomic mass is 10.1. The standard InChI is InChI=1S/C30H33N5O6/c1-18-32-22(10-28(36)33-18)13-35-14-26-27(15-35)41-23-6-4-19(5-7-23)12-31-29(37)17-40-25-9-21(30(38)34-26)8-24(11-25)39-16-20-2-3-20/h4-11,20,26-27H,2-3,12-17H2,1H3,(H,31,37)(H,34,38)(H,32,33,36)/t26-,27-/m0/s1. The zero-order chi connectivity index (χ0) is 28.3. The van der Waals surface area contributed by atoms with Crippen LogP contribution in [0.5, 0.6) is 17.2 Å². The Morgan fingerprint density at radius 3 is 2.63 bits per heavy atom. The van der Waals surface area contributed by atoms with Crippen LogP contribution in [0.1, 0.15) is 40.3 Å². The van der Waals surface area contributed by atoms with Crippen LogP contribution < -0.4 is 30.4 Å². The van der Waals surface area contributed by atoms with E-state index in [1.54, 1.807) is 25.1 Å². The second-order valence-corrected chi connectivity index (χ2v) is 10.9. The smallest absolute Gasteiger partial charge is 0.258 e. The fraction of sp³-hybridized carbons (Fsp3) is 0.400. The summed E-state index contributed by atoms with van der Waals surface area (Å²) in [6, 6.07) is 13.7. The summed E-state index contributed by atoms with van der Waals surface area (Å²) in [6.45, 7) is 3.95. The number of nitrogens with one attached hydrogen (secondary N) is 3. The van der Waals surface area contributed by atoms with Gasteiger partial charge in [0, 0.05) is 43.9 Å². The highest BCUT2D eigenvalue weighted by molar-refractivity contribution is 5.95. The van der Waals surface area contributed by atoms with Crippen molar-refractivity contribution in [3.05, 3.63) is 81.5 Å². The molecule has 1 saturated heterocycles. The topological polar surface area (TPSA) is 135 Å². The van der Waals surface area contributed by atoms with Crippen LogP contribution in [0.2, 0.25) is 0 Å². The highest BCUT2D eigenvalue weighted by Gasteiger charge is 2.36. The minimum atomic E-state index is -0.353. The molecule has 0 spiro atoms. The van der Waals surface area contributed by atoms with Gasteiger partial charge in [-0.3, -0.25) is 19.3 Å². The zero-order valence-electron chi connectivity index (χ0n) is 22.9. The van der Waals surface area contributed by atoms with Crippen LogP contribution in [-0.2, 0) is 17.9 Å². The molecule has 4 aliphatic rings. The Bertz CT molecular complexity index is 1490. The van der Waals surface area contributed by atoms with E-state index < -0.39 is 0 Å². The average molecular weight is 560 g/mol. The Kier molecular flexibility index (Phi) is 7.60. The number of carbonyl (C=O) groups is 2. The third-order valence-electron chi connectivity index (χ3n) is 7.35. The molecule has 1 aromatic heterocycles. The third-order valence-corrected chi connectivity index (χ3v) is 7.35. The first-order valence-electron chi connectivity index (χ1n) is 13.9. The van der Waals surface area contributed by atoms with Crippen molar-refractivity contribution < 1.29 is 23.8 Å². The summed E-state index contributed by atoms with van der Waals surface area (Å²) in [6.07, 6.45) is 1.92. The molecule has 11 heteroatoms. The van der Waals surface area contributed by atoms with Crippen molar-refractivity contribution >= 4 is 11.8 Å². The van der Waals surface area contributed by atoms with Gasteiger partial charge in [0.1, 0.15) is 29.2 Å². The lowest BCUT2D eigenvalue weighted by Crippen LogP contribution is -2.45. The van der Waals surface area contributed by atoms with Gasteiger partial charge in [-0.2, -0.15) is 0 Å². The number of fused-ring (bicyclic) bond motifs is 7. The van der Waals surface area contributed by atoms with E-state index in [0.29, 0.717) is 73.0 Å². The number of hydrogen-bond acceptors (Lipinski definition) is 8. The van der Waals surface area contributed by atoms with E-state index in [4.69, 9.17) is 14.2 Å². The van der Waals surface area contributed by atoms with Gasteiger partial charge in [-0.1, -0.05) is 12.1 Å². The van der Waals surface area contributed by atoms with E-state index in [2.05, 4.69) is 25.5 Å².